The zero-order valence-corrected chi connectivity index (χ0v) is 16.7. The van der Waals surface area contributed by atoms with Crippen LogP contribution in [-0.2, 0) is 18.9 Å². The van der Waals surface area contributed by atoms with E-state index in [9.17, 15) is 18.0 Å². The minimum atomic E-state index is -4.91. The highest BCUT2D eigenvalue weighted by atomic mass is 36.0. The van der Waals surface area contributed by atoms with Crippen LogP contribution < -0.4 is 10.1 Å². The molecule has 1 atom stereocenters. The largest absolute Gasteiger partial charge is 0.573 e. The van der Waals surface area contributed by atoms with Gasteiger partial charge in [-0.25, -0.2) is 4.21 Å². The second-order valence-electron chi connectivity index (χ2n) is 5.03. The van der Waals surface area contributed by atoms with Crippen LogP contribution in [0.1, 0.15) is 11.1 Å². The fraction of sp³-hybridized carbons (Fsp3) is 0.133. The number of carbonyl (C=O) groups excluding carboxylic acids is 1. The van der Waals surface area contributed by atoms with Gasteiger partial charge >= 0.3 is 6.36 Å². The van der Waals surface area contributed by atoms with Gasteiger partial charge in [0.25, 0.3) is 5.91 Å². The van der Waals surface area contributed by atoms with Gasteiger partial charge in [-0.3, -0.25) is 4.79 Å². The molecule has 1 heterocycles. The van der Waals surface area contributed by atoms with Gasteiger partial charge < -0.3 is 10.1 Å². The topological polar surface area (TPSA) is 55.4 Å². The lowest BCUT2D eigenvalue weighted by molar-refractivity contribution is -0.275. The lowest BCUT2D eigenvalue weighted by atomic mass is 9.91. The molecule has 27 heavy (non-hydrogen) atoms. The Bertz CT molecular complexity index is 893. The van der Waals surface area contributed by atoms with E-state index in [1.54, 1.807) is 6.07 Å². The molecule has 0 aromatic heterocycles. The second-order valence-corrected chi connectivity index (χ2v) is 8.56. The average molecular weight is 481 g/mol. The third kappa shape index (κ3) is 5.20. The molecule has 0 saturated heterocycles. The van der Waals surface area contributed by atoms with Crippen LogP contribution in [0.15, 0.2) is 42.5 Å². The smallest absolute Gasteiger partial charge is 0.405 e. The van der Waals surface area contributed by atoms with Crippen molar-refractivity contribution in [1.82, 2.24) is 0 Å². The van der Waals surface area contributed by atoms with E-state index >= 15 is 0 Å². The average Bonchev–Trinajstić information content (AvgIpc) is 2.78. The lowest BCUT2D eigenvalue weighted by Gasteiger charge is -2.23. The fourth-order valence-electron chi connectivity index (χ4n) is 2.47. The Balaban J connectivity index is 0.000000596. The minimum Gasteiger partial charge on any atom is -0.405 e. The standard InChI is InChI=1S/C15H8Cl2F3NO2.Cl2OS/c16-8-5-6-11-10(7-8)14(17,13(22)21-11)9-3-1-2-4-12(9)23-15(18,19)20;1-4(2)3/h1-7H,(H,21,22);. The molecule has 4 nitrogen and oxygen atoms in total. The zero-order chi connectivity index (χ0) is 20.4. The van der Waals surface area contributed by atoms with E-state index in [1.165, 1.54) is 30.3 Å². The van der Waals surface area contributed by atoms with Crippen LogP contribution in [0.25, 0.3) is 0 Å². The summed E-state index contributed by atoms with van der Waals surface area (Å²) in [7, 11) is 7.36. The number of hydrogen-bond acceptors (Lipinski definition) is 3. The van der Waals surface area contributed by atoms with Gasteiger partial charge in [0.1, 0.15) is 5.75 Å². The molecule has 1 aliphatic rings. The number of fused-ring (bicyclic) bond motifs is 1. The van der Waals surface area contributed by atoms with E-state index in [0.717, 1.165) is 6.07 Å². The molecule has 146 valence electrons. The van der Waals surface area contributed by atoms with Gasteiger partial charge in [-0.05, 0) is 24.3 Å². The molecule has 0 fully saturated rings. The molecular weight excluding hydrogens is 473 g/mol. The highest BCUT2D eigenvalue weighted by Gasteiger charge is 2.49. The first-order valence-electron chi connectivity index (χ1n) is 6.85. The van der Waals surface area contributed by atoms with E-state index < -0.39 is 32.1 Å². The Kier molecular flexibility index (Phi) is 6.91. The summed E-state index contributed by atoms with van der Waals surface area (Å²) >= 11 is 12.4. The molecule has 2 aromatic carbocycles. The molecule has 1 aliphatic heterocycles. The van der Waals surface area contributed by atoms with Crippen LogP contribution >= 0.6 is 44.6 Å². The van der Waals surface area contributed by atoms with Crippen molar-refractivity contribution >= 4 is 65.4 Å². The van der Waals surface area contributed by atoms with Crippen LogP contribution in [0.2, 0.25) is 5.02 Å². The summed E-state index contributed by atoms with van der Waals surface area (Å²) in [6.07, 6.45) is -4.91. The SMILES string of the molecule is O=C1Nc2ccc(Cl)cc2C1(Cl)c1ccccc1OC(F)(F)F.O=S(Cl)Cl. The first-order valence-corrected chi connectivity index (χ1v) is 10.4. The van der Waals surface area contributed by atoms with Crippen molar-refractivity contribution in [3.05, 3.63) is 58.6 Å². The Morgan fingerprint density at radius 1 is 1.07 bits per heavy atom. The molecule has 0 aliphatic carbocycles. The van der Waals surface area contributed by atoms with E-state index in [0.29, 0.717) is 10.7 Å². The Morgan fingerprint density at radius 3 is 2.26 bits per heavy atom. The van der Waals surface area contributed by atoms with Crippen LogP contribution in [0.5, 0.6) is 5.75 Å². The highest BCUT2D eigenvalue weighted by molar-refractivity contribution is 8.26. The number of ether oxygens (including phenoxy) is 1. The molecule has 12 heteroatoms. The number of benzene rings is 2. The maximum Gasteiger partial charge on any atom is 0.573 e. The lowest BCUT2D eigenvalue weighted by Crippen LogP contribution is -2.31. The number of carbonyl (C=O) groups is 1. The summed E-state index contributed by atoms with van der Waals surface area (Å²) in [6, 6.07) is 9.75. The first-order chi connectivity index (χ1) is 12.4. The number of hydrogen-bond donors (Lipinski definition) is 1. The van der Waals surface area contributed by atoms with Crippen molar-refractivity contribution in [3.63, 3.8) is 0 Å². The van der Waals surface area contributed by atoms with Crippen molar-refractivity contribution in [2.24, 2.45) is 0 Å². The van der Waals surface area contributed by atoms with Gasteiger partial charge in [-0.1, -0.05) is 41.4 Å². The maximum absolute atomic E-state index is 12.6. The number of alkyl halides is 4. The molecule has 0 spiro atoms. The number of anilines is 1. The van der Waals surface area contributed by atoms with Gasteiger partial charge in [0.05, 0.1) is 0 Å². The molecule has 1 N–H and O–H groups in total. The highest BCUT2D eigenvalue weighted by Crippen LogP contribution is 2.50. The maximum atomic E-state index is 12.6. The summed E-state index contributed by atoms with van der Waals surface area (Å²) in [5.41, 5.74) is 0.545. The van der Waals surface area contributed by atoms with Gasteiger partial charge in [0, 0.05) is 43.2 Å². The number of rotatable bonds is 2. The predicted molar refractivity (Wildman–Crippen MR) is 99.7 cm³/mol. The molecule has 0 saturated carbocycles. The predicted octanol–water partition coefficient (Wildman–Crippen LogP) is 5.72. The zero-order valence-electron chi connectivity index (χ0n) is 12.8. The molecule has 1 unspecified atom stereocenters. The second kappa shape index (κ2) is 8.45. The van der Waals surface area contributed by atoms with E-state index in [-0.39, 0.29) is 11.1 Å². The van der Waals surface area contributed by atoms with Crippen LogP contribution in [0, 0.1) is 0 Å². The summed E-state index contributed by atoms with van der Waals surface area (Å²) in [6.45, 7) is 0. The third-order valence-corrected chi connectivity index (χ3v) is 4.21. The van der Waals surface area contributed by atoms with E-state index in [2.05, 4.69) is 31.4 Å². The summed E-state index contributed by atoms with van der Waals surface area (Å²) in [5, 5.41) is 2.84. The summed E-state index contributed by atoms with van der Waals surface area (Å²) in [5.74, 6) is -1.22. The van der Waals surface area contributed by atoms with Gasteiger partial charge in [-0.2, -0.15) is 0 Å². The van der Waals surface area contributed by atoms with Crippen LogP contribution in [0.4, 0.5) is 18.9 Å². The van der Waals surface area contributed by atoms with Gasteiger partial charge in [-0.15, -0.1) is 13.2 Å². The normalized spacial score (nSPS) is 18.4. The number of para-hydroxylation sites is 1. The van der Waals surface area contributed by atoms with E-state index in [4.69, 9.17) is 27.4 Å². The summed E-state index contributed by atoms with van der Waals surface area (Å²) < 4.78 is 50.9. The van der Waals surface area contributed by atoms with Gasteiger partial charge in [0.2, 0.25) is 9.23 Å². The quantitative estimate of drug-likeness (QED) is 0.442. The molecule has 0 radical (unpaired) electrons. The summed E-state index contributed by atoms with van der Waals surface area (Å²) in [4.78, 5) is 10.5. The molecule has 1 amide bonds. The third-order valence-electron chi connectivity index (χ3n) is 3.40. The molecule has 0 bridgehead atoms. The first kappa shape index (κ1) is 22.1. The van der Waals surface area contributed by atoms with Gasteiger partial charge in [0.15, 0.2) is 4.87 Å². The van der Waals surface area contributed by atoms with Crippen LogP contribution in [0.3, 0.4) is 0 Å². The Morgan fingerprint density at radius 2 is 1.67 bits per heavy atom. The van der Waals surface area contributed by atoms with Crippen molar-refractivity contribution in [2.45, 2.75) is 11.2 Å². The molecule has 3 rings (SSSR count). The number of halogens is 7. The van der Waals surface area contributed by atoms with Crippen molar-refractivity contribution < 1.29 is 26.9 Å². The monoisotopic (exact) mass is 479 g/mol. The Hall–Kier alpha value is -1.19. The fourth-order valence-corrected chi connectivity index (χ4v) is 3.01. The van der Waals surface area contributed by atoms with E-state index in [1.807, 2.05) is 0 Å². The van der Waals surface area contributed by atoms with Crippen molar-refractivity contribution in [3.8, 4) is 5.75 Å². The van der Waals surface area contributed by atoms with Crippen LogP contribution in [-0.4, -0.2) is 16.5 Å². The van der Waals surface area contributed by atoms with Crippen molar-refractivity contribution in [1.29, 1.82) is 0 Å². The number of amides is 1. The molecule has 2 aromatic rings. The minimum absolute atomic E-state index is 0.113. The number of nitrogens with one attached hydrogen (secondary N) is 1. The Labute approximate surface area is 172 Å². The van der Waals surface area contributed by atoms with Crippen molar-refractivity contribution in [2.75, 3.05) is 5.32 Å². The molecular formula is C15H8Cl4F3NO3S.